The molecule has 4 nitrogen and oxygen atoms in total. The van der Waals surface area contributed by atoms with Crippen molar-refractivity contribution in [2.75, 3.05) is 18.1 Å². The maximum absolute atomic E-state index is 13.5. The number of aromatic nitrogens is 1. The summed E-state index contributed by atoms with van der Waals surface area (Å²) < 4.78 is 20.1. The SMILES string of the molecule is CCOC(=O)CSCC(=O)c1cc(C)n(-c2cccc(F)c2)c1C. The summed E-state index contributed by atoms with van der Waals surface area (Å²) in [6, 6.07) is 8.06. The molecule has 0 spiro atoms. The number of hydrogen-bond acceptors (Lipinski definition) is 4. The Morgan fingerprint density at radius 3 is 2.62 bits per heavy atom. The number of ketones is 1. The number of halogens is 1. The van der Waals surface area contributed by atoms with Crippen molar-refractivity contribution in [3.05, 3.63) is 53.1 Å². The first kappa shape index (κ1) is 18.3. The Morgan fingerprint density at radius 1 is 1.21 bits per heavy atom. The molecule has 0 saturated heterocycles. The van der Waals surface area contributed by atoms with Gasteiger partial charge in [-0.25, -0.2) is 4.39 Å². The minimum atomic E-state index is -0.321. The quantitative estimate of drug-likeness (QED) is 0.565. The number of ether oxygens (including phenoxy) is 1. The number of carbonyl (C=O) groups is 2. The van der Waals surface area contributed by atoms with Crippen molar-refractivity contribution in [3.8, 4) is 5.69 Å². The van der Waals surface area contributed by atoms with Crippen molar-refractivity contribution >= 4 is 23.5 Å². The van der Waals surface area contributed by atoms with Crippen LogP contribution in [0.15, 0.2) is 30.3 Å². The monoisotopic (exact) mass is 349 g/mol. The number of Topliss-reactive ketones (excluding diaryl/α,β-unsaturated/α-hetero) is 1. The molecule has 1 aromatic heterocycles. The van der Waals surface area contributed by atoms with Crippen LogP contribution in [0.2, 0.25) is 0 Å². The standard InChI is InChI=1S/C18H20FNO3S/c1-4-23-18(22)11-24-10-17(21)16-8-12(2)20(13(16)3)15-7-5-6-14(19)9-15/h5-9H,4,10-11H2,1-3H3. The minimum Gasteiger partial charge on any atom is -0.465 e. The second kappa shape index (κ2) is 8.15. The number of aryl methyl sites for hydroxylation is 1. The van der Waals surface area contributed by atoms with Crippen LogP contribution in [0.1, 0.15) is 28.7 Å². The predicted octanol–water partition coefficient (Wildman–Crippen LogP) is 3.71. The molecular formula is C18H20FNO3S. The summed E-state index contributed by atoms with van der Waals surface area (Å²) in [5.74, 6) is -0.340. The van der Waals surface area contributed by atoms with Crippen molar-refractivity contribution in [3.63, 3.8) is 0 Å². The Kier molecular flexibility index (Phi) is 6.20. The molecular weight excluding hydrogens is 329 g/mol. The molecule has 1 heterocycles. The molecule has 6 heteroatoms. The van der Waals surface area contributed by atoms with Gasteiger partial charge in [-0.2, -0.15) is 0 Å². The molecule has 0 aliphatic rings. The average molecular weight is 349 g/mol. The van der Waals surface area contributed by atoms with Gasteiger partial charge in [-0.05, 0) is 45.0 Å². The molecule has 0 aliphatic carbocycles. The maximum atomic E-state index is 13.5. The molecule has 2 rings (SSSR count). The highest BCUT2D eigenvalue weighted by Gasteiger charge is 2.17. The Hall–Kier alpha value is -2.08. The number of benzene rings is 1. The zero-order chi connectivity index (χ0) is 17.7. The van der Waals surface area contributed by atoms with E-state index in [1.165, 1.54) is 23.9 Å². The van der Waals surface area contributed by atoms with E-state index < -0.39 is 0 Å². The number of carbonyl (C=O) groups excluding carboxylic acids is 2. The van der Waals surface area contributed by atoms with Gasteiger partial charge < -0.3 is 9.30 Å². The van der Waals surface area contributed by atoms with Crippen molar-refractivity contribution < 1.29 is 18.7 Å². The van der Waals surface area contributed by atoms with Crippen LogP contribution >= 0.6 is 11.8 Å². The number of rotatable bonds is 7. The van der Waals surface area contributed by atoms with Crippen molar-refractivity contribution in [2.24, 2.45) is 0 Å². The summed E-state index contributed by atoms with van der Waals surface area (Å²) in [7, 11) is 0. The van der Waals surface area contributed by atoms with Gasteiger partial charge in [0.15, 0.2) is 5.78 Å². The smallest absolute Gasteiger partial charge is 0.315 e. The first-order valence-electron chi connectivity index (χ1n) is 7.65. The molecule has 0 fully saturated rings. The van der Waals surface area contributed by atoms with E-state index >= 15 is 0 Å². The van der Waals surface area contributed by atoms with Gasteiger partial charge in [0.2, 0.25) is 0 Å². The fourth-order valence-electron chi connectivity index (χ4n) is 2.57. The van der Waals surface area contributed by atoms with E-state index in [-0.39, 0.29) is 29.1 Å². The van der Waals surface area contributed by atoms with E-state index in [1.54, 1.807) is 25.1 Å². The van der Waals surface area contributed by atoms with Crippen LogP contribution in [0.4, 0.5) is 4.39 Å². The molecule has 0 saturated carbocycles. The Labute approximate surface area is 145 Å². The number of nitrogens with zero attached hydrogens (tertiary/aromatic N) is 1. The van der Waals surface area contributed by atoms with E-state index in [0.717, 1.165) is 11.4 Å². The van der Waals surface area contributed by atoms with Gasteiger partial charge in [0.05, 0.1) is 18.1 Å². The van der Waals surface area contributed by atoms with Crippen molar-refractivity contribution in [1.82, 2.24) is 4.57 Å². The summed E-state index contributed by atoms with van der Waals surface area (Å²) in [6.45, 7) is 5.79. The Balaban J connectivity index is 2.13. The highest BCUT2D eigenvalue weighted by Crippen LogP contribution is 2.22. The highest BCUT2D eigenvalue weighted by atomic mass is 32.2. The minimum absolute atomic E-state index is 0.0555. The van der Waals surface area contributed by atoms with Crippen LogP contribution in [0.3, 0.4) is 0 Å². The van der Waals surface area contributed by atoms with Gasteiger partial charge in [-0.1, -0.05) is 6.07 Å². The molecule has 0 amide bonds. The summed E-state index contributed by atoms with van der Waals surface area (Å²) in [6.07, 6.45) is 0. The lowest BCUT2D eigenvalue weighted by molar-refractivity contribution is -0.139. The Bertz CT molecular complexity index is 755. The van der Waals surface area contributed by atoms with E-state index in [4.69, 9.17) is 4.74 Å². The molecule has 0 unspecified atom stereocenters. The van der Waals surface area contributed by atoms with Gasteiger partial charge in [-0.3, -0.25) is 9.59 Å². The molecule has 0 N–H and O–H groups in total. The average Bonchev–Trinajstić information content (AvgIpc) is 2.82. The third-order valence-corrected chi connectivity index (χ3v) is 4.46. The molecule has 0 radical (unpaired) electrons. The van der Waals surface area contributed by atoms with Gasteiger partial charge in [0.25, 0.3) is 0 Å². The summed E-state index contributed by atoms with van der Waals surface area (Å²) in [5, 5.41) is 0. The van der Waals surface area contributed by atoms with Crippen LogP contribution in [0.5, 0.6) is 0 Å². The van der Waals surface area contributed by atoms with E-state index in [1.807, 2.05) is 18.4 Å². The first-order valence-corrected chi connectivity index (χ1v) is 8.81. The van der Waals surface area contributed by atoms with Crippen molar-refractivity contribution in [1.29, 1.82) is 0 Å². The number of hydrogen-bond donors (Lipinski definition) is 0. The van der Waals surface area contributed by atoms with Crippen LogP contribution < -0.4 is 0 Å². The molecule has 2 aromatic rings. The molecule has 128 valence electrons. The lowest BCUT2D eigenvalue weighted by Crippen LogP contribution is -2.10. The molecule has 0 aliphatic heterocycles. The lowest BCUT2D eigenvalue weighted by Gasteiger charge is -2.10. The largest absolute Gasteiger partial charge is 0.465 e. The lowest BCUT2D eigenvalue weighted by atomic mass is 10.2. The number of thioether (sulfide) groups is 1. The first-order chi connectivity index (χ1) is 11.4. The predicted molar refractivity (Wildman–Crippen MR) is 93.5 cm³/mol. The summed E-state index contributed by atoms with van der Waals surface area (Å²) in [5.41, 5.74) is 2.90. The fourth-order valence-corrected chi connectivity index (χ4v) is 3.26. The summed E-state index contributed by atoms with van der Waals surface area (Å²) in [4.78, 5) is 23.7. The zero-order valence-electron chi connectivity index (χ0n) is 14.0. The van der Waals surface area contributed by atoms with Crippen LogP contribution in [0.25, 0.3) is 5.69 Å². The second-order valence-corrected chi connectivity index (χ2v) is 6.31. The molecule has 0 bridgehead atoms. The molecule has 1 aromatic carbocycles. The fraction of sp³-hybridized carbons (Fsp3) is 0.333. The third-order valence-electron chi connectivity index (χ3n) is 3.56. The topological polar surface area (TPSA) is 48.3 Å². The second-order valence-electron chi connectivity index (χ2n) is 5.32. The Morgan fingerprint density at radius 2 is 1.96 bits per heavy atom. The number of esters is 1. The maximum Gasteiger partial charge on any atom is 0.315 e. The normalized spacial score (nSPS) is 10.7. The van der Waals surface area contributed by atoms with E-state index in [2.05, 4.69) is 0 Å². The van der Waals surface area contributed by atoms with Crippen LogP contribution in [0, 0.1) is 19.7 Å². The third kappa shape index (κ3) is 4.26. The van der Waals surface area contributed by atoms with E-state index in [9.17, 15) is 14.0 Å². The van der Waals surface area contributed by atoms with Gasteiger partial charge in [0.1, 0.15) is 5.82 Å². The zero-order valence-corrected chi connectivity index (χ0v) is 14.8. The van der Waals surface area contributed by atoms with Crippen LogP contribution in [-0.4, -0.2) is 34.4 Å². The highest BCUT2D eigenvalue weighted by molar-refractivity contribution is 8.00. The van der Waals surface area contributed by atoms with Gasteiger partial charge >= 0.3 is 5.97 Å². The molecule has 0 atom stereocenters. The van der Waals surface area contributed by atoms with Crippen LogP contribution in [-0.2, 0) is 9.53 Å². The van der Waals surface area contributed by atoms with Gasteiger partial charge in [-0.15, -0.1) is 11.8 Å². The van der Waals surface area contributed by atoms with Gasteiger partial charge in [0, 0.05) is 22.6 Å². The summed E-state index contributed by atoms with van der Waals surface area (Å²) >= 11 is 1.23. The molecule has 24 heavy (non-hydrogen) atoms. The van der Waals surface area contributed by atoms with E-state index in [0.29, 0.717) is 17.9 Å². The van der Waals surface area contributed by atoms with Crippen molar-refractivity contribution in [2.45, 2.75) is 20.8 Å².